The van der Waals surface area contributed by atoms with Crippen molar-refractivity contribution in [1.82, 2.24) is 15.1 Å². The highest BCUT2D eigenvalue weighted by Crippen LogP contribution is 2.22. The van der Waals surface area contributed by atoms with Gasteiger partial charge in [0.25, 0.3) is 5.91 Å². The molecule has 0 saturated carbocycles. The summed E-state index contributed by atoms with van der Waals surface area (Å²) in [4.78, 5) is 29.0. The van der Waals surface area contributed by atoms with E-state index < -0.39 is 0 Å². The van der Waals surface area contributed by atoms with Crippen LogP contribution in [0.5, 0.6) is 5.75 Å². The number of amides is 2. The van der Waals surface area contributed by atoms with Crippen molar-refractivity contribution in [2.24, 2.45) is 11.8 Å². The second kappa shape index (κ2) is 7.44. The van der Waals surface area contributed by atoms with Crippen LogP contribution >= 0.6 is 0 Å². The molecule has 0 spiro atoms. The standard InChI is InChI=1S/C19H27N3O3/c1-13-4-5-15(10-17(13)25-3)19(24)22-8-6-21(7-9-22)18(23)14(2)16-11-20-12-16/h4-5,10,14,16,20H,6-9,11-12H2,1-3H3. The molecule has 3 rings (SSSR count). The zero-order valence-corrected chi connectivity index (χ0v) is 15.2. The summed E-state index contributed by atoms with van der Waals surface area (Å²) < 4.78 is 5.31. The van der Waals surface area contributed by atoms with Crippen LogP contribution in [-0.2, 0) is 4.79 Å². The number of methoxy groups -OCH3 is 1. The molecule has 0 bridgehead atoms. The number of carbonyl (C=O) groups is 2. The number of nitrogens with zero attached hydrogens (tertiary/aromatic N) is 2. The fourth-order valence-electron chi connectivity index (χ4n) is 3.42. The van der Waals surface area contributed by atoms with Gasteiger partial charge in [0, 0.05) is 37.7 Å². The lowest BCUT2D eigenvalue weighted by Crippen LogP contribution is -2.55. The Morgan fingerprint density at radius 3 is 2.36 bits per heavy atom. The van der Waals surface area contributed by atoms with Crippen LogP contribution in [-0.4, -0.2) is 68.0 Å². The van der Waals surface area contributed by atoms with Gasteiger partial charge >= 0.3 is 0 Å². The number of carbonyl (C=O) groups excluding carboxylic acids is 2. The summed E-state index contributed by atoms with van der Waals surface area (Å²) in [7, 11) is 1.61. The maximum Gasteiger partial charge on any atom is 0.254 e. The molecular formula is C19H27N3O3. The Hall–Kier alpha value is -2.08. The summed E-state index contributed by atoms with van der Waals surface area (Å²) in [5.74, 6) is 1.46. The molecule has 2 fully saturated rings. The number of nitrogens with one attached hydrogen (secondary N) is 1. The summed E-state index contributed by atoms with van der Waals surface area (Å²) in [6.07, 6.45) is 0. The number of aryl methyl sites for hydroxylation is 1. The summed E-state index contributed by atoms with van der Waals surface area (Å²) in [5.41, 5.74) is 1.64. The van der Waals surface area contributed by atoms with E-state index in [9.17, 15) is 9.59 Å². The van der Waals surface area contributed by atoms with E-state index in [1.165, 1.54) is 0 Å². The van der Waals surface area contributed by atoms with Gasteiger partial charge in [-0.25, -0.2) is 0 Å². The van der Waals surface area contributed by atoms with Gasteiger partial charge in [-0.3, -0.25) is 9.59 Å². The molecule has 2 aliphatic rings. The van der Waals surface area contributed by atoms with E-state index in [0.29, 0.717) is 37.7 Å². The highest BCUT2D eigenvalue weighted by molar-refractivity contribution is 5.95. The van der Waals surface area contributed by atoms with Crippen LogP contribution in [0.4, 0.5) is 0 Å². The molecule has 2 aliphatic heterocycles. The highest BCUT2D eigenvalue weighted by atomic mass is 16.5. The van der Waals surface area contributed by atoms with Gasteiger partial charge in [0.2, 0.25) is 5.91 Å². The summed E-state index contributed by atoms with van der Waals surface area (Å²) in [6.45, 7) is 8.21. The molecule has 6 heteroatoms. The molecular weight excluding hydrogens is 318 g/mol. The van der Waals surface area contributed by atoms with Crippen LogP contribution in [0.1, 0.15) is 22.8 Å². The van der Waals surface area contributed by atoms with Crippen LogP contribution in [0.15, 0.2) is 18.2 Å². The molecule has 1 aromatic carbocycles. The van der Waals surface area contributed by atoms with E-state index in [0.717, 1.165) is 24.4 Å². The third-order valence-electron chi connectivity index (χ3n) is 5.44. The van der Waals surface area contributed by atoms with E-state index in [1.54, 1.807) is 13.2 Å². The molecule has 6 nitrogen and oxygen atoms in total. The first-order chi connectivity index (χ1) is 12.0. The molecule has 1 N–H and O–H groups in total. The van der Waals surface area contributed by atoms with Crippen molar-refractivity contribution in [1.29, 1.82) is 0 Å². The molecule has 1 aromatic rings. The predicted molar refractivity (Wildman–Crippen MR) is 95.7 cm³/mol. The minimum Gasteiger partial charge on any atom is -0.496 e. The smallest absolute Gasteiger partial charge is 0.254 e. The Labute approximate surface area is 149 Å². The number of hydrogen-bond donors (Lipinski definition) is 1. The molecule has 136 valence electrons. The lowest BCUT2D eigenvalue weighted by Gasteiger charge is -2.39. The second-order valence-corrected chi connectivity index (χ2v) is 7.01. The zero-order chi connectivity index (χ0) is 18.0. The summed E-state index contributed by atoms with van der Waals surface area (Å²) in [6, 6.07) is 5.53. The molecule has 2 saturated heterocycles. The minimum atomic E-state index is 0.00152. The molecule has 0 aromatic heterocycles. The fraction of sp³-hybridized carbons (Fsp3) is 0.579. The van der Waals surface area contributed by atoms with Gasteiger partial charge in [0.1, 0.15) is 5.75 Å². The van der Waals surface area contributed by atoms with Crippen LogP contribution in [0.25, 0.3) is 0 Å². The average molecular weight is 345 g/mol. The number of rotatable bonds is 4. The molecule has 2 amide bonds. The Morgan fingerprint density at radius 1 is 1.16 bits per heavy atom. The van der Waals surface area contributed by atoms with E-state index in [4.69, 9.17) is 4.74 Å². The number of piperazine rings is 1. The first-order valence-electron chi connectivity index (χ1n) is 8.94. The Morgan fingerprint density at radius 2 is 1.80 bits per heavy atom. The maximum absolute atomic E-state index is 12.7. The van der Waals surface area contributed by atoms with Crippen molar-refractivity contribution >= 4 is 11.8 Å². The summed E-state index contributed by atoms with van der Waals surface area (Å²) in [5, 5.41) is 3.22. The average Bonchev–Trinajstić information content (AvgIpc) is 2.59. The topological polar surface area (TPSA) is 61.9 Å². The van der Waals surface area contributed by atoms with Gasteiger partial charge in [-0.15, -0.1) is 0 Å². The largest absolute Gasteiger partial charge is 0.496 e. The quantitative estimate of drug-likeness (QED) is 0.889. The number of benzene rings is 1. The van der Waals surface area contributed by atoms with Gasteiger partial charge in [-0.1, -0.05) is 13.0 Å². The lowest BCUT2D eigenvalue weighted by molar-refractivity contribution is -0.138. The normalized spacial score (nSPS) is 19.3. The predicted octanol–water partition coefficient (Wildman–Crippen LogP) is 1.14. The van der Waals surface area contributed by atoms with Crippen molar-refractivity contribution in [2.75, 3.05) is 46.4 Å². The van der Waals surface area contributed by atoms with Gasteiger partial charge in [-0.2, -0.15) is 0 Å². The van der Waals surface area contributed by atoms with E-state index in [-0.39, 0.29) is 17.7 Å². The van der Waals surface area contributed by atoms with E-state index in [2.05, 4.69) is 5.32 Å². The maximum atomic E-state index is 12.7. The highest BCUT2D eigenvalue weighted by Gasteiger charge is 2.33. The SMILES string of the molecule is COc1cc(C(=O)N2CCN(C(=O)C(C)C3CNC3)CC2)ccc1C. The minimum absolute atomic E-state index is 0.00152. The fourth-order valence-corrected chi connectivity index (χ4v) is 3.42. The first-order valence-corrected chi connectivity index (χ1v) is 8.94. The Bertz CT molecular complexity index is 649. The molecule has 1 atom stereocenters. The third kappa shape index (κ3) is 3.63. The van der Waals surface area contributed by atoms with Crippen LogP contribution in [0, 0.1) is 18.8 Å². The van der Waals surface area contributed by atoms with E-state index >= 15 is 0 Å². The van der Waals surface area contributed by atoms with Gasteiger partial charge in [-0.05, 0) is 43.6 Å². The Balaban J connectivity index is 1.58. The van der Waals surface area contributed by atoms with Crippen molar-refractivity contribution in [3.8, 4) is 5.75 Å². The molecule has 0 radical (unpaired) electrons. The first kappa shape index (κ1) is 17.7. The van der Waals surface area contributed by atoms with Crippen molar-refractivity contribution in [3.63, 3.8) is 0 Å². The second-order valence-electron chi connectivity index (χ2n) is 7.01. The van der Waals surface area contributed by atoms with Crippen LogP contribution < -0.4 is 10.1 Å². The third-order valence-corrected chi connectivity index (χ3v) is 5.44. The molecule has 25 heavy (non-hydrogen) atoms. The van der Waals surface area contributed by atoms with Gasteiger partial charge < -0.3 is 19.9 Å². The molecule has 1 unspecified atom stereocenters. The van der Waals surface area contributed by atoms with Crippen molar-refractivity contribution < 1.29 is 14.3 Å². The number of ether oxygens (including phenoxy) is 1. The van der Waals surface area contributed by atoms with E-state index in [1.807, 2.05) is 35.8 Å². The molecule has 2 heterocycles. The molecule has 0 aliphatic carbocycles. The Kier molecular flexibility index (Phi) is 5.27. The zero-order valence-electron chi connectivity index (χ0n) is 15.2. The van der Waals surface area contributed by atoms with Gasteiger partial charge in [0.05, 0.1) is 7.11 Å². The monoisotopic (exact) mass is 345 g/mol. The lowest BCUT2D eigenvalue weighted by atomic mass is 9.88. The number of hydrogen-bond acceptors (Lipinski definition) is 4. The van der Waals surface area contributed by atoms with Crippen molar-refractivity contribution in [2.45, 2.75) is 13.8 Å². The van der Waals surface area contributed by atoms with Gasteiger partial charge in [0.15, 0.2) is 0 Å². The van der Waals surface area contributed by atoms with Crippen LogP contribution in [0.2, 0.25) is 0 Å². The van der Waals surface area contributed by atoms with Crippen LogP contribution in [0.3, 0.4) is 0 Å². The van der Waals surface area contributed by atoms with Crippen molar-refractivity contribution in [3.05, 3.63) is 29.3 Å². The summed E-state index contributed by atoms with van der Waals surface area (Å²) >= 11 is 0.